The zero-order valence-electron chi connectivity index (χ0n) is 16.7. The molecule has 0 spiro atoms. The molecule has 144 valence electrons. The van der Waals surface area contributed by atoms with Gasteiger partial charge in [-0.15, -0.1) is 0 Å². The molecule has 0 aliphatic carbocycles. The molecule has 2 atom stereocenters. The van der Waals surface area contributed by atoms with Crippen molar-refractivity contribution in [1.29, 1.82) is 0 Å². The van der Waals surface area contributed by atoms with E-state index in [1.54, 1.807) is 7.05 Å². The van der Waals surface area contributed by atoms with Crippen molar-refractivity contribution in [2.75, 3.05) is 60.4 Å². The number of nitrogens with one attached hydrogen (secondary N) is 1. The Kier molecular flexibility index (Phi) is 6.68. The number of rotatable bonds is 3. The van der Waals surface area contributed by atoms with Crippen LogP contribution >= 0.6 is 0 Å². The summed E-state index contributed by atoms with van der Waals surface area (Å²) in [5, 5.41) is 3.50. The lowest BCUT2D eigenvalue weighted by molar-refractivity contribution is -0.159. The van der Waals surface area contributed by atoms with E-state index in [1.807, 2.05) is 20.8 Å². The lowest BCUT2D eigenvalue weighted by atomic mass is 10.1. The Hall–Kier alpha value is -1.34. The van der Waals surface area contributed by atoms with Gasteiger partial charge in [-0.3, -0.25) is 14.7 Å². The molecule has 0 aromatic heterocycles. The van der Waals surface area contributed by atoms with E-state index in [2.05, 4.69) is 39.1 Å². The van der Waals surface area contributed by atoms with E-state index in [0.29, 0.717) is 12.6 Å². The number of aliphatic imine (C=N–C) groups is 1. The fourth-order valence-electron chi connectivity index (χ4n) is 3.39. The van der Waals surface area contributed by atoms with E-state index < -0.39 is 5.60 Å². The Labute approximate surface area is 152 Å². The summed E-state index contributed by atoms with van der Waals surface area (Å²) in [7, 11) is 6.15. The van der Waals surface area contributed by atoms with E-state index in [0.717, 1.165) is 45.1 Å². The second-order valence-electron chi connectivity index (χ2n) is 8.29. The summed E-state index contributed by atoms with van der Waals surface area (Å²) >= 11 is 0. The quantitative estimate of drug-likeness (QED) is 0.452. The number of hydrogen-bond donors (Lipinski definition) is 1. The van der Waals surface area contributed by atoms with Crippen LogP contribution in [0.1, 0.15) is 27.2 Å². The van der Waals surface area contributed by atoms with Crippen molar-refractivity contribution in [2.45, 2.75) is 38.8 Å². The van der Waals surface area contributed by atoms with Crippen LogP contribution in [0.2, 0.25) is 0 Å². The van der Waals surface area contributed by atoms with E-state index >= 15 is 0 Å². The zero-order chi connectivity index (χ0) is 18.6. The van der Waals surface area contributed by atoms with Crippen molar-refractivity contribution in [3.05, 3.63) is 0 Å². The highest BCUT2D eigenvalue weighted by Crippen LogP contribution is 2.20. The van der Waals surface area contributed by atoms with Crippen molar-refractivity contribution in [1.82, 2.24) is 20.0 Å². The van der Waals surface area contributed by atoms with Crippen molar-refractivity contribution >= 4 is 11.9 Å². The van der Waals surface area contributed by atoms with Crippen molar-refractivity contribution < 1.29 is 9.53 Å². The molecule has 0 amide bonds. The first-order valence-electron chi connectivity index (χ1n) is 9.27. The third-order valence-corrected chi connectivity index (χ3v) is 4.92. The summed E-state index contributed by atoms with van der Waals surface area (Å²) in [6, 6.07) is 0.472. The van der Waals surface area contributed by atoms with Gasteiger partial charge >= 0.3 is 5.97 Å². The summed E-state index contributed by atoms with van der Waals surface area (Å²) in [5.41, 5.74) is -0.429. The van der Waals surface area contributed by atoms with Crippen LogP contribution in [0.5, 0.6) is 0 Å². The van der Waals surface area contributed by atoms with Crippen LogP contribution in [0.4, 0.5) is 0 Å². The SMILES string of the molecule is CN=C(NCC1CN(C)CCN1C)N1CCC(C(=O)OC(C)(C)C)C1. The maximum Gasteiger partial charge on any atom is 0.311 e. The van der Waals surface area contributed by atoms with E-state index in [1.165, 1.54) is 0 Å². The molecule has 2 fully saturated rings. The maximum absolute atomic E-state index is 12.3. The summed E-state index contributed by atoms with van der Waals surface area (Å²) in [6.07, 6.45) is 0.821. The molecule has 0 bridgehead atoms. The number of carbonyl (C=O) groups is 1. The van der Waals surface area contributed by atoms with E-state index in [-0.39, 0.29) is 11.9 Å². The minimum atomic E-state index is -0.429. The number of likely N-dealkylation sites (N-methyl/N-ethyl adjacent to an activating group) is 2. The number of guanidine groups is 1. The second kappa shape index (κ2) is 8.36. The zero-order valence-corrected chi connectivity index (χ0v) is 16.7. The highest BCUT2D eigenvalue weighted by Gasteiger charge is 2.33. The fraction of sp³-hybridized carbons (Fsp3) is 0.889. The number of piperazine rings is 1. The number of carbonyl (C=O) groups excluding carboxylic acids is 1. The van der Waals surface area contributed by atoms with Crippen LogP contribution in [0.3, 0.4) is 0 Å². The second-order valence-corrected chi connectivity index (χ2v) is 8.29. The lowest BCUT2D eigenvalue weighted by Gasteiger charge is -2.38. The Morgan fingerprint density at radius 2 is 1.92 bits per heavy atom. The molecule has 7 nitrogen and oxygen atoms in total. The molecule has 2 heterocycles. The Morgan fingerprint density at radius 3 is 2.56 bits per heavy atom. The minimum Gasteiger partial charge on any atom is -0.460 e. The molecule has 0 aromatic carbocycles. The monoisotopic (exact) mass is 353 g/mol. The average molecular weight is 354 g/mol. The summed E-state index contributed by atoms with van der Waals surface area (Å²) in [6.45, 7) is 11.4. The van der Waals surface area contributed by atoms with Gasteiger partial charge in [0.15, 0.2) is 5.96 Å². The number of nitrogens with zero attached hydrogens (tertiary/aromatic N) is 4. The minimum absolute atomic E-state index is 0.0683. The lowest BCUT2D eigenvalue weighted by Crippen LogP contribution is -2.55. The van der Waals surface area contributed by atoms with Crippen LogP contribution in [0.15, 0.2) is 4.99 Å². The molecule has 7 heteroatoms. The van der Waals surface area contributed by atoms with Crippen molar-refractivity contribution in [2.24, 2.45) is 10.9 Å². The highest BCUT2D eigenvalue weighted by atomic mass is 16.6. The van der Waals surface area contributed by atoms with Gasteiger partial charge in [-0.1, -0.05) is 0 Å². The predicted molar refractivity (Wildman–Crippen MR) is 101 cm³/mol. The highest BCUT2D eigenvalue weighted by molar-refractivity contribution is 5.82. The number of ether oxygens (including phenoxy) is 1. The predicted octanol–water partition coefficient (Wildman–Crippen LogP) is 0.471. The van der Waals surface area contributed by atoms with Crippen molar-refractivity contribution in [3.8, 4) is 0 Å². The number of likely N-dealkylation sites (tertiary alicyclic amines) is 1. The van der Waals surface area contributed by atoms with E-state index in [9.17, 15) is 4.79 Å². The summed E-state index contributed by atoms with van der Waals surface area (Å²) in [5.74, 6) is 0.716. The Balaban J connectivity index is 1.84. The fourth-order valence-corrected chi connectivity index (χ4v) is 3.39. The summed E-state index contributed by atoms with van der Waals surface area (Å²) in [4.78, 5) is 23.6. The molecule has 1 N–H and O–H groups in total. The molecule has 2 rings (SSSR count). The molecule has 0 aromatic rings. The molecule has 2 aliphatic rings. The van der Waals surface area contributed by atoms with Gasteiger partial charge in [0.1, 0.15) is 5.60 Å². The van der Waals surface area contributed by atoms with Gasteiger partial charge < -0.3 is 19.9 Å². The van der Waals surface area contributed by atoms with Crippen LogP contribution in [0, 0.1) is 5.92 Å². The molecule has 25 heavy (non-hydrogen) atoms. The topological polar surface area (TPSA) is 60.4 Å². The van der Waals surface area contributed by atoms with Gasteiger partial charge in [-0.05, 0) is 41.3 Å². The number of hydrogen-bond acceptors (Lipinski definition) is 5. The number of esters is 1. The van der Waals surface area contributed by atoms with E-state index in [4.69, 9.17) is 4.74 Å². The molecule has 2 aliphatic heterocycles. The maximum atomic E-state index is 12.3. The van der Waals surface area contributed by atoms with Crippen LogP contribution in [-0.2, 0) is 9.53 Å². The van der Waals surface area contributed by atoms with Gasteiger partial charge in [-0.2, -0.15) is 0 Å². The molecule has 2 saturated heterocycles. The normalized spacial score (nSPS) is 26.8. The Bertz CT molecular complexity index is 488. The first-order chi connectivity index (χ1) is 11.7. The van der Waals surface area contributed by atoms with Gasteiger partial charge in [0.2, 0.25) is 0 Å². The first kappa shape index (κ1) is 20.0. The van der Waals surface area contributed by atoms with Crippen LogP contribution in [0.25, 0.3) is 0 Å². The van der Waals surface area contributed by atoms with Gasteiger partial charge in [0.25, 0.3) is 0 Å². The smallest absolute Gasteiger partial charge is 0.311 e. The molecular weight excluding hydrogens is 318 g/mol. The third kappa shape index (κ3) is 5.85. The molecular formula is C18H35N5O2. The first-order valence-corrected chi connectivity index (χ1v) is 9.27. The van der Waals surface area contributed by atoms with Gasteiger partial charge in [0.05, 0.1) is 5.92 Å². The van der Waals surface area contributed by atoms with Gasteiger partial charge in [-0.25, -0.2) is 0 Å². The average Bonchev–Trinajstić information content (AvgIpc) is 2.99. The molecule has 0 saturated carbocycles. The third-order valence-electron chi connectivity index (χ3n) is 4.92. The molecule has 2 unspecified atom stereocenters. The Morgan fingerprint density at radius 1 is 1.20 bits per heavy atom. The largest absolute Gasteiger partial charge is 0.460 e. The van der Waals surface area contributed by atoms with Gasteiger partial charge in [0, 0.05) is 52.4 Å². The van der Waals surface area contributed by atoms with Crippen LogP contribution in [-0.4, -0.2) is 98.7 Å². The standard InChI is InChI=1S/C18H35N5O2/c1-18(2,3)25-16(24)14-7-8-23(12-14)17(19-4)20-11-15-13-21(5)9-10-22(15)6/h14-15H,7-13H2,1-6H3,(H,19,20). The molecule has 0 radical (unpaired) electrons. The van der Waals surface area contributed by atoms with Crippen molar-refractivity contribution in [3.63, 3.8) is 0 Å². The van der Waals surface area contributed by atoms with Crippen LogP contribution < -0.4 is 5.32 Å². The summed E-state index contributed by atoms with van der Waals surface area (Å²) < 4.78 is 5.53.